The predicted octanol–water partition coefficient (Wildman–Crippen LogP) is -0.205. The van der Waals surface area contributed by atoms with E-state index in [0.717, 1.165) is 0 Å². The van der Waals surface area contributed by atoms with Crippen LogP contribution in [0.2, 0.25) is 0 Å². The largest absolute Gasteiger partial charge is 0.361 e. The Balaban J connectivity index is 1.94. The second kappa shape index (κ2) is 6.04. The van der Waals surface area contributed by atoms with E-state index in [9.17, 15) is 9.59 Å². The van der Waals surface area contributed by atoms with Gasteiger partial charge in [-0.1, -0.05) is 5.16 Å². The minimum atomic E-state index is -0.0409. The van der Waals surface area contributed by atoms with Gasteiger partial charge in [-0.2, -0.15) is 0 Å². The van der Waals surface area contributed by atoms with Crippen molar-refractivity contribution >= 4 is 11.8 Å². The summed E-state index contributed by atoms with van der Waals surface area (Å²) in [6.45, 7) is 6.51. The predicted molar refractivity (Wildman–Crippen MR) is 72.4 cm³/mol. The van der Waals surface area contributed by atoms with Crippen molar-refractivity contribution < 1.29 is 14.1 Å². The average molecular weight is 280 g/mol. The summed E-state index contributed by atoms with van der Waals surface area (Å²) in [7, 11) is 1.62. The van der Waals surface area contributed by atoms with Crippen LogP contribution in [0.4, 0.5) is 0 Å². The molecule has 1 aromatic heterocycles. The molecule has 0 unspecified atom stereocenters. The van der Waals surface area contributed by atoms with Gasteiger partial charge in [0, 0.05) is 33.2 Å². The molecule has 1 saturated heterocycles. The SMILES string of the molecule is CNC(=O)CN1CCN(C(=O)c2c(C)noc2C)CC1. The van der Waals surface area contributed by atoms with Gasteiger partial charge in [0.2, 0.25) is 5.91 Å². The first kappa shape index (κ1) is 14.5. The van der Waals surface area contributed by atoms with Gasteiger partial charge in [-0.25, -0.2) is 0 Å². The Morgan fingerprint density at radius 3 is 2.40 bits per heavy atom. The third kappa shape index (κ3) is 2.98. The van der Waals surface area contributed by atoms with Crippen LogP contribution in [-0.2, 0) is 4.79 Å². The number of nitrogens with one attached hydrogen (secondary N) is 1. The second-order valence-corrected chi connectivity index (χ2v) is 4.94. The zero-order chi connectivity index (χ0) is 14.7. The van der Waals surface area contributed by atoms with E-state index in [1.807, 2.05) is 4.90 Å². The van der Waals surface area contributed by atoms with Gasteiger partial charge in [0.1, 0.15) is 11.3 Å². The highest BCUT2D eigenvalue weighted by Crippen LogP contribution is 2.16. The second-order valence-electron chi connectivity index (χ2n) is 4.94. The van der Waals surface area contributed by atoms with Crippen LogP contribution in [0.5, 0.6) is 0 Å². The third-order valence-electron chi connectivity index (χ3n) is 3.55. The van der Waals surface area contributed by atoms with E-state index in [-0.39, 0.29) is 11.8 Å². The van der Waals surface area contributed by atoms with E-state index in [2.05, 4.69) is 10.5 Å². The zero-order valence-corrected chi connectivity index (χ0v) is 12.1. The van der Waals surface area contributed by atoms with Gasteiger partial charge in [-0.3, -0.25) is 14.5 Å². The number of hydrogen-bond donors (Lipinski definition) is 1. The number of rotatable bonds is 3. The molecule has 1 aliphatic rings. The third-order valence-corrected chi connectivity index (χ3v) is 3.55. The molecule has 0 aromatic carbocycles. The molecular weight excluding hydrogens is 260 g/mol. The van der Waals surface area contributed by atoms with Crippen LogP contribution < -0.4 is 5.32 Å². The van der Waals surface area contributed by atoms with E-state index in [4.69, 9.17) is 4.52 Å². The number of carbonyl (C=O) groups excluding carboxylic acids is 2. The van der Waals surface area contributed by atoms with Gasteiger partial charge >= 0.3 is 0 Å². The Morgan fingerprint density at radius 2 is 1.90 bits per heavy atom. The van der Waals surface area contributed by atoms with Crippen molar-refractivity contribution in [2.75, 3.05) is 39.8 Å². The quantitative estimate of drug-likeness (QED) is 0.829. The zero-order valence-electron chi connectivity index (χ0n) is 12.1. The molecule has 2 amide bonds. The molecule has 0 spiro atoms. The van der Waals surface area contributed by atoms with Crippen molar-refractivity contribution in [3.05, 3.63) is 17.0 Å². The molecule has 110 valence electrons. The number of piperazine rings is 1. The molecule has 0 saturated carbocycles. The lowest BCUT2D eigenvalue weighted by molar-refractivity contribution is -0.122. The van der Waals surface area contributed by atoms with E-state index >= 15 is 0 Å². The molecule has 1 N–H and O–H groups in total. The molecule has 1 aromatic rings. The van der Waals surface area contributed by atoms with Crippen molar-refractivity contribution in [1.82, 2.24) is 20.3 Å². The topological polar surface area (TPSA) is 78.7 Å². The summed E-state index contributed by atoms with van der Waals surface area (Å²) < 4.78 is 5.03. The molecule has 0 atom stereocenters. The molecule has 1 aliphatic heterocycles. The Labute approximate surface area is 117 Å². The fourth-order valence-electron chi connectivity index (χ4n) is 2.34. The smallest absolute Gasteiger partial charge is 0.259 e. The summed E-state index contributed by atoms with van der Waals surface area (Å²) in [4.78, 5) is 27.6. The fraction of sp³-hybridized carbons (Fsp3) is 0.615. The Morgan fingerprint density at radius 1 is 1.25 bits per heavy atom. The summed E-state index contributed by atoms with van der Waals surface area (Å²) in [5.41, 5.74) is 1.19. The van der Waals surface area contributed by atoms with E-state index in [1.165, 1.54) is 0 Å². The van der Waals surface area contributed by atoms with Crippen LogP contribution in [0, 0.1) is 13.8 Å². The molecule has 7 nitrogen and oxygen atoms in total. The van der Waals surface area contributed by atoms with Crippen LogP contribution in [0.1, 0.15) is 21.8 Å². The van der Waals surface area contributed by atoms with Crippen LogP contribution >= 0.6 is 0 Å². The van der Waals surface area contributed by atoms with E-state index < -0.39 is 0 Å². The number of aryl methyl sites for hydroxylation is 2. The van der Waals surface area contributed by atoms with Gasteiger partial charge in [-0.05, 0) is 13.8 Å². The first-order valence-electron chi connectivity index (χ1n) is 6.68. The van der Waals surface area contributed by atoms with Crippen molar-refractivity contribution in [3.63, 3.8) is 0 Å². The molecule has 0 radical (unpaired) electrons. The molecule has 2 heterocycles. The van der Waals surface area contributed by atoms with Crippen molar-refractivity contribution in [2.45, 2.75) is 13.8 Å². The molecule has 0 bridgehead atoms. The number of likely N-dealkylation sites (N-methyl/N-ethyl adjacent to an activating group) is 1. The van der Waals surface area contributed by atoms with Crippen LogP contribution in [0.15, 0.2) is 4.52 Å². The van der Waals surface area contributed by atoms with Crippen molar-refractivity contribution in [3.8, 4) is 0 Å². The minimum Gasteiger partial charge on any atom is -0.361 e. The molecular formula is C13H20N4O3. The Kier molecular flexibility index (Phi) is 4.39. The first-order valence-corrected chi connectivity index (χ1v) is 6.68. The fourth-order valence-corrected chi connectivity index (χ4v) is 2.34. The summed E-state index contributed by atoms with van der Waals surface area (Å²) in [6, 6.07) is 0. The number of hydrogen-bond acceptors (Lipinski definition) is 5. The number of carbonyl (C=O) groups is 2. The van der Waals surface area contributed by atoms with Gasteiger partial charge in [0.15, 0.2) is 0 Å². The minimum absolute atomic E-state index is 0.00417. The lowest BCUT2D eigenvalue weighted by atomic mass is 10.1. The summed E-state index contributed by atoms with van der Waals surface area (Å²) in [6.07, 6.45) is 0. The molecule has 1 fully saturated rings. The van der Waals surface area contributed by atoms with Gasteiger partial charge < -0.3 is 14.7 Å². The molecule has 7 heteroatoms. The maximum Gasteiger partial charge on any atom is 0.259 e. The average Bonchev–Trinajstić information content (AvgIpc) is 2.78. The van der Waals surface area contributed by atoms with Gasteiger partial charge in [-0.15, -0.1) is 0 Å². The molecule has 0 aliphatic carbocycles. The highest BCUT2D eigenvalue weighted by molar-refractivity contribution is 5.96. The van der Waals surface area contributed by atoms with Crippen molar-refractivity contribution in [2.24, 2.45) is 0 Å². The highest BCUT2D eigenvalue weighted by atomic mass is 16.5. The van der Waals surface area contributed by atoms with Crippen molar-refractivity contribution in [1.29, 1.82) is 0 Å². The van der Waals surface area contributed by atoms with Crippen LogP contribution in [-0.4, -0.2) is 66.5 Å². The highest BCUT2D eigenvalue weighted by Gasteiger charge is 2.27. The van der Waals surface area contributed by atoms with Crippen LogP contribution in [0.25, 0.3) is 0 Å². The van der Waals surface area contributed by atoms with E-state index in [1.54, 1.807) is 25.8 Å². The molecule has 2 rings (SSSR count). The monoisotopic (exact) mass is 280 g/mol. The molecule has 20 heavy (non-hydrogen) atoms. The van der Waals surface area contributed by atoms with Gasteiger partial charge in [0.05, 0.1) is 12.2 Å². The van der Waals surface area contributed by atoms with Gasteiger partial charge in [0.25, 0.3) is 5.91 Å². The summed E-state index contributed by atoms with van der Waals surface area (Å²) >= 11 is 0. The lowest BCUT2D eigenvalue weighted by Gasteiger charge is -2.34. The Hall–Kier alpha value is -1.89. The lowest BCUT2D eigenvalue weighted by Crippen LogP contribution is -2.51. The standard InChI is InChI=1S/C13H20N4O3/c1-9-12(10(2)20-15-9)13(19)17-6-4-16(5-7-17)8-11(18)14-3/h4-8H2,1-3H3,(H,14,18). The summed E-state index contributed by atoms with van der Waals surface area (Å²) in [5, 5.41) is 6.41. The number of nitrogens with zero attached hydrogens (tertiary/aromatic N) is 3. The maximum absolute atomic E-state index is 12.4. The first-order chi connectivity index (χ1) is 9.52. The number of amides is 2. The number of aromatic nitrogens is 1. The Bertz CT molecular complexity index is 484. The van der Waals surface area contributed by atoms with Crippen LogP contribution in [0.3, 0.4) is 0 Å². The maximum atomic E-state index is 12.4. The summed E-state index contributed by atoms with van der Waals surface area (Å²) in [5.74, 6) is 0.511. The van der Waals surface area contributed by atoms with E-state index in [0.29, 0.717) is 49.7 Å². The normalized spacial score (nSPS) is 16.2.